The van der Waals surface area contributed by atoms with Crippen LogP contribution in [-0.2, 0) is 9.84 Å². The minimum Gasteiger partial charge on any atom is -0.462 e. The Labute approximate surface area is 170 Å². The van der Waals surface area contributed by atoms with Gasteiger partial charge >= 0.3 is 0 Å². The van der Waals surface area contributed by atoms with E-state index in [1.54, 1.807) is 36.4 Å². The largest absolute Gasteiger partial charge is 0.462 e. The Morgan fingerprint density at radius 3 is 1.69 bits per heavy atom. The van der Waals surface area contributed by atoms with Gasteiger partial charge in [0.05, 0.1) is 4.90 Å². The van der Waals surface area contributed by atoms with Crippen molar-refractivity contribution >= 4 is 9.84 Å². The van der Waals surface area contributed by atoms with Crippen LogP contribution in [-0.4, -0.2) is 8.42 Å². The Balaban J connectivity index is 1.48. The van der Waals surface area contributed by atoms with Gasteiger partial charge in [0, 0.05) is 11.3 Å². The number of hydrogen-bond donors (Lipinski definition) is 0. The average molecular weight is 404 g/mol. The van der Waals surface area contributed by atoms with Crippen LogP contribution >= 0.6 is 0 Å². The molecule has 0 radical (unpaired) electrons. The van der Waals surface area contributed by atoms with Gasteiger partial charge in [0.25, 0.3) is 0 Å². The summed E-state index contributed by atoms with van der Waals surface area (Å²) in [4.78, 5) is 0.639. The third-order valence-corrected chi connectivity index (χ3v) is 6.45. The van der Waals surface area contributed by atoms with Crippen molar-refractivity contribution in [2.75, 3.05) is 0 Å². The third-order valence-electron chi connectivity index (χ3n) is 4.52. The van der Waals surface area contributed by atoms with Crippen molar-refractivity contribution in [3.63, 3.8) is 0 Å². The van der Waals surface area contributed by atoms with Gasteiger partial charge in [-0.3, -0.25) is 0 Å². The predicted molar refractivity (Wildman–Crippen MR) is 113 cm³/mol. The van der Waals surface area contributed by atoms with Gasteiger partial charge < -0.3 is 9.47 Å². The molecule has 4 rings (SSSR count). The Morgan fingerprint density at radius 1 is 0.586 bits per heavy atom. The number of allylic oxidation sites excluding steroid dienone is 4. The number of ether oxygens (including phenoxy) is 2. The lowest BCUT2D eigenvalue weighted by atomic mass is 10.1. The molecule has 0 aromatic heterocycles. The molecule has 0 fully saturated rings. The van der Waals surface area contributed by atoms with Gasteiger partial charge in [-0.25, -0.2) is 8.42 Å². The Hall–Kier alpha value is -3.31. The summed E-state index contributed by atoms with van der Waals surface area (Å²) in [6.07, 6.45) is 4.31. The van der Waals surface area contributed by atoms with E-state index in [9.17, 15) is 8.42 Å². The van der Waals surface area contributed by atoms with Crippen LogP contribution in [0.1, 0.15) is 12.8 Å². The van der Waals surface area contributed by atoms with Crippen molar-refractivity contribution in [2.24, 2.45) is 0 Å². The molecule has 0 spiro atoms. The van der Waals surface area contributed by atoms with Crippen LogP contribution in [0.25, 0.3) is 0 Å². The fourth-order valence-electron chi connectivity index (χ4n) is 3.01. The standard InChI is InChI=1S/C24H20O4S/c25-29(26,23-15-11-21(12-16-23)27-19-7-3-1-4-8-19)24-17-13-22(14-18-24)28-20-9-5-2-6-10-20/h1-13,15-17H,14,18H2. The summed E-state index contributed by atoms with van der Waals surface area (Å²) in [5.74, 6) is 2.79. The zero-order valence-electron chi connectivity index (χ0n) is 15.7. The summed E-state index contributed by atoms with van der Waals surface area (Å²) < 4.78 is 37.4. The second kappa shape index (κ2) is 8.37. The number of hydrogen-bond acceptors (Lipinski definition) is 4. The molecule has 4 nitrogen and oxygen atoms in total. The summed E-state index contributed by atoms with van der Waals surface area (Å²) in [5, 5.41) is 0. The zero-order chi connectivity index (χ0) is 20.1. The normalized spacial score (nSPS) is 13.9. The third kappa shape index (κ3) is 4.58. The first-order valence-corrected chi connectivity index (χ1v) is 10.8. The lowest BCUT2D eigenvalue weighted by Crippen LogP contribution is -2.09. The van der Waals surface area contributed by atoms with E-state index in [2.05, 4.69) is 0 Å². The van der Waals surface area contributed by atoms with Gasteiger partial charge in [-0.2, -0.15) is 0 Å². The number of rotatable bonds is 6. The molecule has 0 N–H and O–H groups in total. The maximum absolute atomic E-state index is 12.9. The van der Waals surface area contributed by atoms with Gasteiger partial charge in [0.2, 0.25) is 9.84 Å². The molecule has 0 saturated carbocycles. The summed E-state index contributed by atoms with van der Waals surface area (Å²) in [5.41, 5.74) is 0. The number of sulfone groups is 1. The van der Waals surface area contributed by atoms with E-state index in [4.69, 9.17) is 9.47 Å². The van der Waals surface area contributed by atoms with Crippen molar-refractivity contribution < 1.29 is 17.9 Å². The average Bonchev–Trinajstić information content (AvgIpc) is 2.76. The smallest absolute Gasteiger partial charge is 0.202 e. The Bertz CT molecular complexity index is 1130. The Morgan fingerprint density at radius 2 is 1.14 bits per heavy atom. The van der Waals surface area contributed by atoms with Gasteiger partial charge in [-0.05, 0) is 67.1 Å². The molecule has 0 saturated heterocycles. The summed E-state index contributed by atoms with van der Waals surface area (Å²) in [7, 11) is -3.54. The summed E-state index contributed by atoms with van der Waals surface area (Å²) >= 11 is 0. The zero-order valence-corrected chi connectivity index (χ0v) is 16.5. The minimum absolute atomic E-state index is 0.255. The molecule has 0 atom stereocenters. The molecule has 0 bridgehead atoms. The molecular weight excluding hydrogens is 384 g/mol. The first kappa shape index (κ1) is 19.0. The second-order valence-electron chi connectivity index (χ2n) is 6.57. The molecule has 0 heterocycles. The van der Waals surface area contributed by atoms with Crippen LogP contribution in [0.2, 0.25) is 0 Å². The fraction of sp³-hybridized carbons (Fsp3) is 0.0833. The van der Waals surface area contributed by atoms with E-state index in [-0.39, 0.29) is 4.90 Å². The molecule has 29 heavy (non-hydrogen) atoms. The molecule has 1 aliphatic rings. The topological polar surface area (TPSA) is 52.6 Å². The van der Waals surface area contributed by atoms with Crippen molar-refractivity contribution in [3.05, 3.63) is 108 Å². The van der Waals surface area contributed by atoms with Crippen molar-refractivity contribution in [1.29, 1.82) is 0 Å². The van der Waals surface area contributed by atoms with Crippen LogP contribution in [0.4, 0.5) is 0 Å². The van der Waals surface area contributed by atoms with Crippen molar-refractivity contribution in [3.8, 4) is 17.2 Å². The van der Waals surface area contributed by atoms with Gasteiger partial charge in [0.1, 0.15) is 23.0 Å². The SMILES string of the molecule is O=S(=O)(C1=CC=C(Oc2ccccc2)CC1)c1ccc(Oc2ccccc2)cc1. The first-order chi connectivity index (χ1) is 14.1. The highest BCUT2D eigenvalue weighted by Crippen LogP contribution is 2.30. The van der Waals surface area contributed by atoms with Crippen LogP contribution in [0.15, 0.2) is 113 Å². The number of para-hydroxylation sites is 2. The molecule has 146 valence electrons. The van der Waals surface area contributed by atoms with Crippen LogP contribution in [0, 0.1) is 0 Å². The van der Waals surface area contributed by atoms with E-state index >= 15 is 0 Å². The molecule has 0 aliphatic heterocycles. The monoisotopic (exact) mass is 404 g/mol. The predicted octanol–water partition coefficient (Wildman–Crippen LogP) is 5.89. The Kier molecular flexibility index (Phi) is 5.49. The second-order valence-corrected chi connectivity index (χ2v) is 8.57. The highest BCUT2D eigenvalue weighted by atomic mass is 32.2. The van der Waals surface area contributed by atoms with E-state index in [0.29, 0.717) is 29.2 Å². The highest BCUT2D eigenvalue weighted by molar-refractivity contribution is 7.95. The van der Waals surface area contributed by atoms with E-state index in [0.717, 1.165) is 11.5 Å². The summed E-state index contributed by atoms with van der Waals surface area (Å²) in [6, 6.07) is 25.3. The maximum atomic E-state index is 12.9. The van der Waals surface area contributed by atoms with E-state index in [1.807, 2.05) is 60.7 Å². The maximum Gasteiger partial charge on any atom is 0.202 e. The van der Waals surface area contributed by atoms with E-state index in [1.165, 1.54) is 0 Å². The first-order valence-electron chi connectivity index (χ1n) is 9.32. The van der Waals surface area contributed by atoms with Crippen LogP contribution in [0.3, 0.4) is 0 Å². The van der Waals surface area contributed by atoms with Crippen molar-refractivity contribution in [2.45, 2.75) is 17.7 Å². The molecule has 0 unspecified atom stereocenters. The molecule has 5 heteroatoms. The lowest BCUT2D eigenvalue weighted by Gasteiger charge is -2.16. The van der Waals surface area contributed by atoms with E-state index < -0.39 is 9.84 Å². The van der Waals surface area contributed by atoms with Gasteiger partial charge in [-0.1, -0.05) is 36.4 Å². The number of benzene rings is 3. The van der Waals surface area contributed by atoms with Crippen LogP contribution < -0.4 is 9.47 Å². The molecule has 1 aliphatic carbocycles. The minimum atomic E-state index is -3.54. The fourth-order valence-corrected chi connectivity index (χ4v) is 4.43. The van der Waals surface area contributed by atoms with Crippen LogP contribution in [0.5, 0.6) is 17.2 Å². The summed E-state index contributed by atoms with van der Waals surface area (Å²) in [6.45, 7) is 0. The molecule has 3 aromatic rings. The lowest BCUT2D eigenvalue weighted by molar-refractivity contribution is 0.402. The van der Waals surface area contributed by atoms with Crippen molar-refractivity contribution in [1.82, 2.24) is 0 Å². The molecule has 0 amide bonds. The quantitative estimate of drug-likeness (QED) is 0.514. The highest BCUT2D eigenvalue weighted by Gasteiger charge is 2.23. The molecular formula is C24H20O4S. The molecule has 3 aromatic carbocycles. The van der Waals surface area contributed by atoms with Gasteiger partial charge in [-0.15, -0.1) is 0 Å². The van der Waals surface area contributed by atoms with Gasteiger partial charge in [0.15, 0.2) is 0 Å².